The molecule has 0 fully saturated rings. The Balaban J connectivity index is 2.46. The lowest BCUT2D eigenvalue weighted by atomic mass is 10.3. The van der Waals surface area contributed by atoms with Gasteiger partial charge in [-0.15, -0.1) is 0 Å². The van der Waals surface area contributed by atoms with Gasteiger partial charge in [-0.2, -0.15) is 0 Å². The molecule has 1 unspecified atom stereocenters. The molecule has 2 atom stereocenters. The predicted molar refractivity (Wildman–Crippen MR) is 53.3 cm³/mol. The summed E-state index contributed by atoms with van der Waals surface area (Å²) in [5, 5.41) is 2.50. The van der Waals surface area contributed by atoms with E-state index in [4.69, 9.17) is 4.52 Å². The highest BCUT2D eigenvalue weighted by atomic mass is 31.1. The lowest BCUT2D eigenvalue weighted by Gasteiger charge is -1.95. The van der Waals surface area contributed by atoms with E-state index < -0.39 is 14.2 Å². The fraction of sp³-hybridized carbons (Fsp3) is 0.222. The minimum absolute atomic E-state index is 0.470. The minimum Gasteiger partial charge on any atom is -0.301 e. The van der Waals surface area contributed by atoms with E-state index in [0.717, 1.165) is 0 Å². The van der Waals surface area contributed by atoms with Crippen LogP contribution in [-0.4, -0.2) is 12.3 Å². The molecule has 0 radical (unpaired) electrons. The van der Waals surface area contributed by atoms with E-state index in [-0.39, 0.29) is 0 Å². The van der Waals surface area contributed by atoms with E-state index >= 15 is 0 Å². The molecule has 74 valence electrons. The van der Waals surface area contributed by atoms with Crippen LogP contribution >= 0.6 is 8.18 Å². The molecule has 5 heteroatoms. The van der Waals surface area contributed by atoms with Gasteiger partial charge in [-0.3, -0.25) is 0 Å². The number of para-hydroxylation sites is 1. The zero-order valence-corrected chi connectivity index (χ0v) is 8.61. The van der Waals surface area contributed by atoms with Gasteiger partial charge < -0.3 is 4.79 Å². The number of aldehydes is 1. The lowest BCUT2D eigenvalue weighted by molar-refractivity contribution is -0.108. The van der Waals surface area contributed by atoms with Gasteiger partial charge in [0, 0.05) is 4.57 Å². The van der Waals surface area contributed by atoms with E-state index in [9.17, 15) is 9.36 Å². The van der Waals surface area contributed by atoms with Crippen molar-refractivity contribution >= 4 is 14.5 Å². The maximum Gasteiger partial charge on any atom is 0.664 e. The third-order valence-electron chi connectivity index (χ3n) is 1.44. The molecule has 0 saturated heterocycles. The zero-order valence-electron chi connectivity index (χ0n) is 7.71. The summed E-state index contributed by atoms with van der Waals surface area (Å²) in [5.41, 5.74) is 0. The van der Waals surface area contributed by atoms with Crippen LogP contribution in [0.15, 0.2) is 30.3 Å². The Morgan fingerprint density at radius 1 is 1.43 bits per heavy atom. The van der Waals surface area contributed by atoms with Gasteiger partial charge in [0.1, 0.15) is 12.3 Å². The molecule has 0 aliphatic carbocycles. The van der Waals surface area contributed by atoms with Crippen LogP contribution in [-0.2, 0) is 9.36 Å². The SMILES string of the molecule is C[C@@H](C=O)N[P+](=O)Oc1ccccc1. The lowest BCUT2D eigenvalue weighted by Crippen LogP contribution is -2.21. The second kappa shape index (κ2) is 5.47. The molecule has 0 bridgehead atoms. The van der Waals surface area contributed by atoms with E-state index in [1.54, 1.807) is 31.2 Å². The zero-order chi connectivity index (χ0) is 10.4. The van der Waals surface area contributed by atoms with Crippen molar-refractivity contribution in [2.75, 3.05) is 0 Å². The standard InChI is InChI=1S/C9H11NO3P/c1-8(7-11)10-14(12)13-9-5-3-2-4-6-9/h2-8H,1H3,(H,10,12)/q+1/t8-/m0/s1. The molecule has 14 heavy (non-hydrogen) atoms. The van der Waals surface area contributed by atoms with E-state index in [0.29, 0.717) is 12.0 Å². The predicted octanol–water partition coefficient (Wildman–Crippen LogP) is 1.90. The summed E-state index contributed by atoms with van der Waals surface area (Å²) < 4.78 is 16.3. The molecular weight excluding hydrogens is 201 g/mol. The maximum atomic E-state index is 11.2. The first-order valence-electron chi connectivity index (χ1n) is 4.14. The quantitative estimate of drug-likeness (QED) is 0.598. The van der Waals surface area contributed by atoms with Gasteiger partial charge in [0.25, 0.3) is 0 Å². The van der Waals surface area contributed by atoms with Crippen molar-refractivity contribution in [2.24, 2.45) is 0 Å². The molecule has 1 aromatic rings. The van der Waals surface area contributed by atoms with E-state index in [1.807, 2.05) is 6.07 Å². The number of nitrogens with one attached hydrogen (secondary N) is 1. The van der Waals surface area contributed by atoms with Crippen molar-refractivity contribution in [3.63, 3.8) is 0 Å². The third kappa shape index (κ3) is 3.64. The largest absolute Gasteiger partial charge is 0.664 e. The monoisotopic (exact) mass is 212 g/mol. The number of hydrogen-bond acceptors (Lipinski definition) is 3. The van der Waals surface area contributed by atoms with E-state index in [2.05, 4.69) is 5.09 Å². The second-order valence-corrected chi connectivity index (χ2v) is 3.67. The maximum absolute atomic E-state index is 11.2. The Morgan fingerprint density at radius 2 is 2.07 bits per heavy atom. The first-order valence-corrected chi connectivity index (χ1v) is 5.32. The smallest absolute Gasteiger partial charge is 0.301 e. The molecule has 0 aromatic heterocycles. The summed E-state index contributed by atoms with van der Waals surface area (Å²) in [6.07, 6.45) is 0.668. The van der Waals surface area contributed by atoms with Crippen molar-refractivity contribution < 1.29 is 13.9 Å². The Bertz CT molecular complexity index is 315. The molecule has 0 spiro atoms. The Kier molecular flexibility index (Phi) is 4.23. The van der Waals surface area contributed by atoms with Crippen LogP contribution in [0.3, 0.4) is 0 Å². The molecule has 1 aromatic carbocycles. The van der Waals surface area contributed by atoms with Crippen LogP contribution in [0.25, 0.3) is 0 Å². The molecule has 0 saturated carbocycles. The summed E-state index contributed by atoms with van der Waals surface area (Å²) in [5.74, 6) is 0.513. The summed E-state index contributed by atoms with van der Waals surface area (Å²) in [7, 11) is -2.03. The van der Waals surface area contributed by atoms with Crippen LogP contribution < -0.4 is 9.61 Å². The molecule has 0 amide bonds. The van der Waals surface area contributed by atoms with Gasteiger partial charge >= 0.3 is 8.18 Å². The molecular formula is C9H11NO3P+. The van der Waals surface area contributed by atoms with Crippen molar-refractivity contribution in [1.82, 2.24) is 5.09 Å². The fourth-order valence-electron chi connectivity index (χ4n) is 0.800. The highest BCUT2D eigenvalue weighted by molar-refractivity contribution is 7.37. The average molecular weight is 212 g/mol. The van der Waals surface area contributed by atoms with Gasteiger partial charge in [-0.1, -0.05) is 23.3 Å². The van der Waals surface area contributed by atoms with Crippen molar-refractivity contribution in [1.29, 1.82) is 0 Å². The van der Waals surface area contributed by atoms with Crippen LogP contribution in [0.4, 0.5) is 0 Å². The number of carbonyl (C=O) groups is 1. The number of hydrogen-bond donors (Lipinski definition) is 1. The van der Waals surface area contributed by atoms with Gasteiger partial charge in [0.05, 0.1) is 0 Å². The molecule has 1 N–H and O–H groups in total. The van der Waals surface area contributed by atoms with Crippen LogP contribution in [0, 0.1) is 0 Å². The summed E-state index contributed by atoms with van der Waals surface area (Å²) >= 11 is 0. The first kappa shape index (κ1) is 10.8. The number of carbonyl (C=O) groups excluding carboxylic acids is 1. The second-order valence-electron chi connectivity index (χ2n) is 2.72. The molecule has 4 nitrogen and oxygen atoms in total. The Labute approximate surface area is 83.2 Å². The molecule has 0 aliphatic heterocycles. The average Bonchev–Trinajstić information content (AvgIpc) is 2.19. The Hall–Kier alpha value is -1.25. The van der Waals surface area contributed by atoms with Crippen molar-refractivity contribution in [3.05, 3.63) is 30.3 Å². The van der Waals surface area contributed by atoms with Crippen LogP contribution in [0.1, 0.15) is 6.92 Å². The minimum atomic E-state index is -2.03. The molecule has 0 aliphatic rings. The summed E-state index contributed by atoms with van der Waals surface area (Å²) in [6.45, 7) is 1.61. The molecule has 1 rings (SSSR count). The number of benzene rings is 1. The van der Waals surface area contributed by atoms with Gasteiger partial charge in [-0.05, 0) is 19.1 Å². The molecule has 0 heterocycles. The van der Waals surface area contributed by atoms with Gasteiger partial charge in [-0.25, -0.2) is 4.52 Å². The van der Waals surface area contributed by atoms with Crippen molar-refractivity contribution in [3.8, 4) is 5.75 Å². The number of rotatable bonds is 5. The first-order chi connectivity index (χ1) is 6.72. The Morgan fingerprint density at radius 3 is 2.64 bits per heavy atom. The summed E-state index contributed by atoms with van der Waals surface area (Å²) in [6, 6.07) is 8.31. The summed E-state index contributed by atoms with van der Waals surface area (Å²) in [4.78, 5) is 10.2. The van der Waals surface area contributed by atoms with E-state index in [1.165, 1.54) is 0 Å². The van der Waals surface area contributed by atoms with Gasteiger partial charge in [0.15, 0.2) is 5.75 Å². The third-order valence-corrected chi connectivity index (χ3v) is 2.44. The normalized spacial score (nSPS) is 13.1. The highest BCUT2D eigenvalue weighted by Gasteiger charge is 2.22. The topological polar surface area (TPSA) is 55.4 Å². The highest BCUT2D eigenvalue weighted by Crippen LogP contribution is 2.22. The van der Waals surface area contributed by atoms with Crippen LogP contribution in [0.5, 0.6) is 5.75 Å². The fourth-order valence-corrected chi connectivity index (χ4v) is 1.56. The van der Waals surface area contributed by atoms with Crippen molar-refractivity contribution in [2.45, 2.75) is 13.0 Å². The van der Waals surface area contributed by atoms with Gasteiger partial charge in [0.2, 0.25) is 0 Å². The van der Waals surface area contributed by atoms with Crippen LogP contribution in [0.2, 0.25) is 0 Å².